The van der Waals surface area contributed by atoms with Gasteiger partial charge in [0.2, 0.25) is 0 Å². The Morgan fingerprint density at radius 1 is 0.957 bits per heavy atom. The van der Waals surface area contributed by atoms with Crippen LogP contribution in [0.1, 0.15) is 33.2 Å². The number of ketones is 2. The van der Waals surface area contributed by atoms with Crippen LogP contribution in [0.3, 0.4) is 0 Å². The molecular formula is C19H15BrO3. The van der Waals surface area contributed by atoms with Gasteiger partial charge >= 0.3 is 0 Å². The smallest absolute Gasteiger partial charge is 0.190 e. The zero-order chi connectivity index (χ0) is 16.6. The van der Waals surface area contributed by atoms with Gasteiger partial charge in [-0.1, -0.05) is 28.1 Å². The molecule has 3 rings (SSSR count). The third kappa shape index (κ3) is 2.86. The number of ether oxygens (including phenoxy) is 1. The van der Waals surface area contributed by atoms with Crippen molar-refractivity contribution in [2.45, 2.75) is 13.3 Å². The maximum Gasteiger partial charge on any atom is 0.190 e. The minimum absolute atomic E-state index is 0.0886. The molecule has 0 bridgehead atoms. The van der Waals surface area contributed by atoms with E-state index in [1.54, 1.807) is 32.2 Å². The lowest BCUT2D eigenvalue weighted by molar-refractivity contribution is 0.0972. The average molecular weight is 371 g/mol. The summed E-state index contributed by atoms with van der Waals surface area (Å²) >= 11 is 3.39. The number of Topliss-reactive ketones (excluding diaryl/α,β-unsaturated/α-hetero) is 2. The molecule has 0 fully saturated rings. The van der Waals surface area contributed by atoms with Gasteiger partial charge in [-0.25, -0.2) is 0 Å². The third-order valence-electron chi connectivity index (χ3n) is 4.08. The molecule has 0 saturated heterocycles. The molecule has 0 saturated carbocycles. The summed E-state index contributed by atoms with van der Waals surface area (Å²) < 4.78 is 6.15. The molecule has 116 valence electrons. The Hall–Kier alpha value is -2.20. The number of carbonyl (C=O) groups is 2. The van der Waals surface area contributed by atoms with Gasteiger partial charge in [-0.15, -0.1) is 0 Å². The standard InChI is InChI=1S/C19H15BrO3/c1-11-16(9-12-3-5-13(20)6-4-12)19(22)17-10-14(23-2)7-8-15(17)18(11)21/h3-8,10H,9H2,1-2H3. The summed E-state index contributed by atoms with van der Waals surface area (Å²) in [5.41, 5.74) is 2.95. The fraction of sp³-hybridized carbons (Fsp3) is 0.158. The van der Waals surface area contributed by atoms with Crippen molar-refractivity contribution in [3.05, 3.63) is 74.8 Å². The molecule has 2 aromatic rings. The quantitative estimate of drug-likeness (QED) is 0.804. The molecule has 1 aliphatic carbocycles. The monoisotopic (exact) mass is 370 g/mol. The Kier molecular flexibility index (Phi) is 4.18. The molecule has 0 radical (unpaired) electrons. The number of hydrogen-bond donors (Lipinski definition) is 0. The lowest BCUT2D eigenvalue weighted by atomic mass is 9.82. The second-order valence-electron chi connectivity index (χ2n) is 5.48. The largest absolute Gasteiger partial charge is 0.497 e. The Morgan fingerprint density at radius 2 is 1.65 bits per heavy atom. The average Bonchev–Trinajstić information content (AvgIpc) is 2.58. The summed E-state index contributed by atoms with van der Waals surface area (Å²) in [6.07, 6.45) is 0.445. The van der Waals surface area contributed by atoms with Gasteiger partial charge in [0.05, 0.1) is 7.11 Å². The van der Waals surface area contributed by atoms with E-state index in [0.29, 0.717) is 34.4 Å². The van der Waals surface area contributed by atoms with Crippen LogP contribution in [0.15, 0.2) is 58.1 Å². The molecule has 0 N–H and O–H groups in total. The zero-order valence-electron chi connectivity index (χ0n) is 12.9. The van der Waals surface area contributed by atoms with E-state index in [1.165, 1.54) is 0 Å². The first-order valence-electron chi connectivity index (χ1n) is 7.23. The highest BCUT2D eigenvalue weighted by atomic mass is 79.9. The number of rotatable bonds is 3. The van der Waals surface area contributed by atoms with Gasteiger partial charge in [-0.3, -0.25) is 9.59 Å². The van der Waals surface area contributed by atoms with Gasteiger partial charge in [0.15, 0.2) is 11.6 Å². The van der Waals surface area contributed by atoms with Gasteiger partial charge in [0.25, 0.3) is 0 Å². The van der Waals surface area contributed by atoms with Crippen molar-refractivity contribution in [1.29, 1.82) is 0 Å². The molecule has 4 heteroatoms. The first kappa shape index (κ1) is 15.7. The van der Waals surface area contributed by atoms with Gasteiger partial charge in [0, 0.05) is 33.2 Å². The first-order valence-corrected chi connectivity index (χ1v) is 8.02. The third-order valence-corrected chi connectivity index (χ3v) is 4.61. The Balaban J connectivity index is 2.03. The van der Waals surface area contributed by atoms with E-state index in [9.17, 15) is 9.59 Å². The molecule has 0 unspecified atom stereocenters. The number of halogens is 1. The highest BCUT2D eigenvalue weighted by Crippen LogP contribution is 2.30. The lowest BCUT2D eigenvalue weighted by Gasteiger charge is -2.19. The van der Waals surface area contributed by atoms with Crippen molar-refractivity contribution in [1.82, 2.24) is 0 Å². The molecule has 0 heterocycles. The van der Waals surface area contributed by atoms with Crippen molar-refractivity contribution in [2.75, 3.05) is 7.11 Å². The van der Waals surface area contributed by atoms with Crippen LogP contribution in [0.2, 0.25) is 0 Å². The van der Waals surface area contributed by atoms with Gasteiger partial charge in [-0.05, 0) is 42.8 Å². The minimum Gasteiger partial charge on any atom is -0.497 e. The SMILES string of the molecule is COc1ccc2c(c1)C(=O)C(Cc1ccc(Br)cc1)=C(C)C2=O. The van der Waals surface area contributed by atoms with E-state index < -0.39 is 0 Å². The molecule has 0 amide bonds. The van der Waals surface area contributed by atoms with Crippen LogP contribution in [-0.4, -0.2) is 18.7 Å². The number of allylic oxidation sites excluding steroid dienone is 2. The summed E-state index contributed by atoms with van der Waals surface area (Å²) in [7, 11) is 1.54. The Labute approximate surface area is 143 Å². The first-order chi connectivity index (χ1) is 11.0. The second-order valence-corrected chi connectivity index (χ2v) is 6.39. The van der Waals surface area contributed by atoms with E-state index in [-0.39, 0.29) is 11.6 Å². The molecule has 0 spiro atoms. The van der Waals surface area contributed by atoms with Crippen LogP contribution >= 0.6 is 15.9 Å². The molecule has 3 nitrogen and oxygen atoms in total. The van der Waals surface area contributed by atoms with E-state index in [0.717, 1.165) is 10.0 Å². The normalized spacial score (nSPS) is 14.0. The van der Waals surface area contributed by atoms with Crippen molar-refractivity contribution in [3.8, 4) is 5.75 Å². The topological polar surface area (TPSA) is 43.4 Å². The van der Waals surface area contributed by atoms with E-state index in [1.807, 2.05) is 24.3 Å². The Morgan fingerprint density at radius 3 is 2.30 bits per heavy atom. The molecule has 2 aromatic carbocycles. The lowest BCUT2D eigenvalue weighted by Crippen LogP contribution is -2.22. The van der Waals surface area contributed by atoms with Crippen LogP contribution in [0.4, 0.5) is 0 Å². The van der Waals surface area contributed by atoms with Crippen molar-refractivity contribution in [3.63, 3.8) is 0 Å². The van der Waals surface area contributed by atoms with Gasteiger partial charge < -0.3 is 4.74 Å². The minimum atomic E-state index is -0.0982. The van der Waals surface area contributed by atoms with Crippen molar-refractivity contribution >= 4 is 27.5 Å². The molecule has 1 aliphatic rings. The summed E-state index contributed by atoms with van der Waals surface area (Å²) in [5, 5.41) is 0. The summed E-state index contributed by atoms with van der Waals surface area (Å²) in [4.78, 5) is 25.4. The molecule has 0 aliphatic heterocycles. The fourth-order valence-corrected chi connectivity index (χ4v) is 2.99. The fourth-order valence-electron chi connectivity index (χ4n) is 2.73. The molecular weight excluding hydrogens is 356 g/mol. The number of fused-ring (bicyclic) bond motifs is 1. The van der Waals surface area contributed by atoms with E-state index in [4.69, 9.17) is 4.74 Å². The van der Waals surface area contributed by atoms with Gasteiger partial charge in [0.1, 0.15) is 5.75 Å². The number of methoxy groups -OCH3 is 1. The highest BCUT2D eigenvalue weighted by molar-refractivity contribution is 9.10. The predicted octanol–water partition coefficient (Wildman–Crippen LogP) is 4.40. The summed E-state index contributed by atoms with van der Waals surface area (Å²) in [6, 6.07) is 12.8. The van der Waals surface area contributed by atoms with Crippen molar-refractivity contribution in [2.24, 2.45) is 0 Å². The van der Waals surface area contributed by atoms with Crippen LogP contribution in [0, 0.1) is 0 Å². The van der Waals surface area contributed by atoms with E-state index in [2.05, 4.69) is 15.9 Å². The van der Waals surface area contributed by atoms with E-state index >= 15 is 0 Å². The van der Waals surface area contributed by atoms with Crippen LogP contribution in [-0.2, 0) is 6.42 Å². The van der Waals surface area contributed by atoms with Crippen LogP contribution in [0.5, 0.6) is 5.75 Å². The number of hydrogen-bond acceptors (Lipinski definition) is 3. The van der Waals surface area contributed by atoms with Gasteiger partial charge in [-0.2, -0.15) is 0 Å². The maximum atomic E-state index is 12.8. The van der Waals surface area contributed by atoms with Crippen LogP contribution < -0.4 is 4.74 Å². The molecule has 23 heavy (non-hydrogen) atoms. The van der Waals surface area contributed by atoms with Crippen molar-refractivity contribution < 1.29 is 14.3 Å². The highest BCUT2D eigenvalue weighted by Gasteiger charge is 2.30. The van der Waals surface area contributed by atoms with Crippen LogP contribution in [0.25, 0.3) is 0 Å². The molecule has 0 atom stereocenters. The maximum absolute atomic E-state index is 12.8. The second kappa shape index (κ2) is 6.13. The summed E-state index contributed by atoms with van der Waals surface area (Å²) in [6.45, 7) is 1.72. The number of carbonyl (C=O) groups excluding carboxylic acids is 2. The zero-order valence-corrected chi connectivity index (χ0v) is 14.4. The Bertz CT molecular complexity index is 832. The molecule has 0 aromatic heterocycles. The summed E-state index contributed by atoms with van der Waals surface area (Å²) in [5.74, 6) is 0.390. The number of benzene rings is 2. The predicted molar refractivity (Wildman–Crippen MR) is 92.2 cm³/mol.